The molecule has 1 aromatic rings. The Morgan fingerprint density at radius 1 is 1.09 bits per heavy atom. The van der Waals surface area contributed by atoms with Crippen molar-refractivity contribution in [2.75, 3.05) is 31.5 Å². The van der Waals surface area contributed by atoms with Gasteiger partial charge in [0.05, 0.1) is 12.5 Å². The van der Waals surface area contributed by atoms with Crippen LogP contribution in [0.2, 0.25) is 0 Å². The molecule has 2 heterocycles. The summed E-state index contributed by atoms with van der Waals surface area (Å²) >= 11 is 0. The predicted octanol–water partition coefficient (Wildman–Crippen LogP) is 4.08. The monoisotopic (exact) mass is 443 g/mol. The Bertz CT molecular complexity index is 806. The molecule has 1 aliphatic carbocycles. The summed E-state index contributed by atoms with van der Waals surface area (Å²) in [7, 11) is 0. The molecule has 1 aromatic carbocycles. The lowest BCUT2D eigenvalue weighted by molar-refractivity contribution is -0.128. The number of hydrogen-bond acceptors (Lipinski definition) is 5. The molecule has 0 aromatic heterocycles. The fourth-order valence-electron chi connectivity index (χ4n) is 5.01. The Morgan fingerprint density at radius 2 is 1.91 bits per heavy atom. The van der Waals surface area contributed by atoms with Gasteiger partial charge in [0.1, 0.15) is 0 Å². The lowest BCUT2D eigenvalue weighted by atomic mass is 9.97. The van der Waals surface area contributed by atoms with Crippen LogP contribution >= 0.6 is 0 Å². The number of benzene rings is 1. The number of carbonyl (C=O) groups is 2. The van der Waals surface area contributed by atoms with Crippen LogP contribution in [0.4, 0.5) is 5.69 Å². The van der Waals surface area contributed by atoms with E-state index in [1.54, 1.807) is 0 Å². The van der Waals surface area contributed by atoms with Gasteiger partial charge in [-0.25, -0.2) is 0 Å². The van der Waals surface area contributed by atoms with Gasteiger partial charge in [-0.1, -0.05) is 26.2 Å². The van der Waals surface area contributed by atoms with Crippen LogP contribution in [-0.2, 0) is 9.59 Å². The molecule has 176 valence electrons. The van der Waals surface area contributed by atoms with E-state index in [9.17, 15) is 9.59 Å². The van der Waals surface area contributed by atoms with E-state index in [0.29, 0.717) is 24.5 Å². The molecule has 7 nitrogen and oxygen atoms in total. The predicted molar refractivity (Wildman–Crippen MR) is 124 cm³/mol. The van der Waals surface area contributed by atoms with Crippen molar-refractivity contribution in [2.24, 2.45) is 5.92 Å². The number of amides is 2. The van der Waals surface area contributed by atoms with Gasteiger partial charge >= 0.3 is 0 Å². The quantitative estimate of drug-likeness (QED) is 0.562. The van der Waals surface area contributed by atoms with E-state index in [1.165, 1.54) is 12.8 Å². The number of nitrogens with zero attached hydrogens (tertiary/aromatic N) is 1. The molecule has 2 fully saturated rings. The van der Waals surface area contributed by atoms with Crippen molar-refractivity contribution >= 4 is 17.5 Å². The fraction of sp³-hybridized carbons (Fsp3) is 0.680. The molecular weight excluding hydrogens is 406 g/mol. The first-order valence-corrected chi connectivity index (χ1v) is 12.4. The molecule has 2 N–H and O–H groups in total. The van der Waals surface area contributed by atoms with E-state index >= 15 is 0 Å². The van der Waals surface area contributed by atoms with Crippen LogP contribution in [0.25, 0.3) is 0 Å². The minimum Gasteiger partial charge on any atom is -0.448 e. The lowest BCUT2D eigenvalue weighted by Crippen LogP contribution is -2.45. The van der Waals surface area contributed by atoms with Crippen LogP contribution in [0.15, 0.2) is 18.2 Å². The smallest absolute Gasteiger partial charge is 0.251 e. The Balaban J connectivity index is 1.23. The molecule has 1 unspecified atom stereocenters. The highest BCUT2D eigenvalue weighted by Crippen LogP contribution is 2.47. The topological polar surface area (TPSA) is 79.9 Å². The van der Waals surface area contributed by atoms with Gasteiger partial charge in [0, 0.05) is 37.7 Å². The maximum atomic E-state index is 12.7. The van der Waals surface area contributed by atoms with Crippen molar-refractivity contribution in [2.45, 2.75) is 76.9 Å². The molecule has 0 bridgehead atoms. The molecule has 1 saturated carbocycles. The molecule has 3 aliphatic rings. The van der Waals surface area contributed by atoms with Crippen LogP contribution in [0.3, 0.4) is 0 Å². The van der Waals surface area contributed by atoms with Gasteiger partial charge in [-0.05, 0) is 50.8 Å². The van der Waals surface area contributed by atoms with E-state index in [0.717, 1.165) is 70.2 Å². The normalized spacial score (nSPS) is 21.6. The second-order valence-electron chi connectivity index (χ2n) is 9.46. The molecule has 1 saturated heterocycles. The zero-order chi connectivity index (χ0) is 22.4. The first-order chi connectivity index (χ1) is 15.6. The summed E-state index contributed by atoms with van der Waals surface area (Å²) in [6.07, 6.45) is 10.5. The summed E-state index contributed by atoms with van der Waals surface area (Å²) in [4.78, 5) is 27.2. The molecule has 7 heteroatoms. The average molecular weight is 444 g/mol. The average Bonchev–Trinajstić information content (AvgIpc) is 3.39. The molecule has 0 radical (unpaired) electrons. The van der Waals surface area contributed by atoms with Crippen LogP contribution in [-0.4, -0.2) is 48.7 Å². The Morgan fingerprint density at radius 3 is 2.72 bits per heavy atom. The third-order valence-electron chi connectivity index (χ3n) is 6.76. The molecule has 4 rings (SSSR count). The van der Waals surface area contributed by atoms with Crippen LogP contribution in [0.5, 0.6) is 11.5 Å². The van der Waals surface area contributed by atoms with E-state index in [2.05, 4.69) is 22.5 Å². The highest BCUT2D eigenvalue weighted by Gasteiger charge is 2.44. The van der Waals surface area contributed by atoms with Gasteiger partial charge < -0.3 is 20.1 Å². The fourth-order valence-corrected chi connectivity index (χ4v) is 5.01. The number of carbonyl (C=O) groups excluding carboxylic acids is 2. The zero-order valence-corrected chi connectivity index (χ0v) is 19.3. The summed E-state index contributed by atoms with van der Waals surface area (Å²) < 4.78 is 12.1. The van der Waals surface area contributed by atoms with Crippen molar-refractivity contribution in [3.8, 4) is 11.5 Å². The highest BCUT2D eigenvalue weighted by molar-refractivity contribution is 5.92. The van der Waals surface area contributed by atoms with E-state index in [-0.39, 0.29) is 17.7 Å². The van der Waals surface area contributed by atoms with Gasteiger partial charge in [-0.15, -0.1) is 0 Å². The molecule has 1 atom stereocenters. The van der Waals surface area contributed by atoms with Crippen molar-refractivity contribution < 1.29 is 19.1 Å². The second kappa shape index (κ2) is 10.6. The van der Waals surface area contributed by atoms with Crippen molar-refractivity contribution in [1.82, 2.24) is 10.2 Å². The number of anilines is 1. The van der Waals surface area contributed by atoms with Gasteiger partial charge in [0.2, 0.25) is 11.8 Å². The minimum absolute atomic E-state index is 0.0316. The molecule has 1 spiro atoms. The van der Waals surface area contributed by atoms with Gasteiger partial charge in [-0.2, -0.15) is 0 Å². The van der Waals surface area contributed by atoms with Gasteiger partial charge in [0.15, 0.2) is 11.5 Å². The summed E-state index contributed by atoms with van der Waals surface area (Å²) in [5.74, 6) is 0.992. The number of rotatable bonds is 9. The molecular formula is C25H37N3O4. The Hall–Kier alpha value is -2.28. The number of unbranched alkanes of at least 4 members (excludes halogenated alkanes) is 3. The number of hydrogen-bond donors (Lipinski definition) is 2. The van der Waals surface area contributed by atoms with E-state index in [1.807, 2.05) is 18.2 Å². The maximum Gasteiger partial charge on any atom is 0.251 e. The number of nitrogens with one attached hydrogen (secondary N) is 2. The lowest BCUT2D eigenvalue weighted by Gasteiger charge is -2.31. The number of likely N-dealkylation sites (tertiary alicyclic amines) is 1. The Kier molecular flexibility index (Phi) is 7.55. The SMILES string of the molecule is CCCCCCNC(=O)C1CCCN(CC(=O)Nc2ccc3c(c2)OC2(CCCC2)O3)C1. The number of ether oxygens (including phenoxy) is 2. The van der Waals surface area contributed by atoms with E-state index in [4.69, 9.17) is 9.47 Å². The van der Waals surface area contributed by atoms with Crippen LogP contribution in [0, 0.1) is 5.92 Å². The third-order valence-corrected chi connectivity index (χ3v) is 6.76. The second-order valence-corrected chi connectivity index (χ2v) is 9.46. The summed E-state index contributed by atoms with van der Waals surface area (Å²) in [5, 5.41) is 6.06. The summed E-state index contributed by atoms with van der Waals surface area (Å²) in [6.45, 7) is 4.71. The number of piperidine rings is 1. The van der Waals surface area contributed by atoms with Crippen LogP contribution in [0.1, 0.15) is 71.1 Å². The third kappa shape index (κ3) is 5.74. The molecule has 2 amide bonds. The molecule has 2 aliphatic heterocycles. The van der Waals surface area contributed by atoms with Gasteiger partial charge in [-0.3, -0.25) is 14.5 Å². The van der Waals surface area contributed by atoms with Crippen molar-refractivity contribution in [3.63, 3.8) is 0 Å². The Labute approximate surface area is 191 Å². The van der Waals surface area contributed by atoms with Crippen molar-refractivity contribution in [3.05, 3.63) is 18.2 Å². The highest BCUT2D eigenvalue weighted by atomic mass is 16.7. The zero-order valence-electron chi connectivity index (χ0n) is 19.3. The molecule has 32 heavy (non-hydrogen) atoms. The van der Waals surface area contributed by atoms with Gasteiger partial charge in [0.25, 0.3) is 5.79 Å². The first kappa shape index (κ1) is 22.9. The summed E-state index contributed by atoms with van der Waals surface area (Å²) in [5.41, 5.74) is 0.714. The van der Waals surface area contributed by atoms with E-state index < -0.39 is 5.79 Å². The maximum absolute atomic E-state index is 12.7. The first-order valence-electron chi connectivity index (χ1n) is 12.4. The summed E-state index contributed by atoms with van der Waals surface area (Å²) in [6, 6.07) is 5.59. The van der Waals surface area contributed by atoms with Crippen molar-refractivity contribution in [1.29, 1.82) is 0 Å². The largest absolute Gasteiger partial charge is 0.448 e. The standard InChI is InChI=1S/C25H37N3O4/c1-2-3-4-7-14-26-24(30)19-9-8-15-28(17-19)18-23(29)27-20-10-11-21-22(16-20)32-25(31-21)12-5-6-13-25/h10-11,16,19H,2-9,12-15,17-18H2,1H3,(H,26,30)(H,27,29). The van der Waals surface area contributed by atoms with Crippen LogP contribution < -0.4 is 20.1 Å². The number of fused-ring (bicyclic) bond motifs is 1. The minimum atomic E-state index is -0.496.